The molecule has 0 amide bonds. The van der Waals surface area contributed by atoms with E-state index < -0.39 is 0 Å². The van der Waals surface area contributed by atoms with Gasteiger partial charge < -0.3 is 15.3 Å². The molecule has 3 nitrogen and oxygen atoms in total. The third kappa shape index (κ3) is 3.77. The Kier molecular flexibility index (Phi) is 6.53. The minimum atomic E-state index is -0.251. The van der Waals surface area contributed by atoms with Gasteiger partial charge in [0, 0.05) is 5.41 Å². The van der Waals surface area contributed by atoms with Gasteiger partial charge in [-0.05, 0) is 98.7 Å². The molecule has 0 radical (unpaired) electrons. The van der Waals surface area contributed by atoms with E-state index in [1.807, 2.05) is 0 Å². The van der Waals surface area contributed by atoms with Crippen molar-refractivity contribution in [1.29, 1.82) is 0 Å². The standard InChI is InChI=1S/C28H46O3/c1-17(2)18(3)6-7-19(4)24-15-25(31)26-22-9-8-20-14-21(30)10-13-28(20,16-29)23(22)11-12-27(24,26)5/h8,17,19,21-26,29-31H,3,6-7,9-16H2,1-2,4-5H3/t19-,21+,22?,23?,24-,25-,26?,27-,28-/m1/s1. The Morgan fingerprint density at radius 1 is 1.19 bits per heavy atom. The molecule has 9 atom stereocenters. The summed E-state index contributed by atoms with van der Waals surface area (Å²) in [7, 11) is 0. The number of hydrogen-bond donors (Lipinski definition) is 3. The van der Waals surface area contributed by atoms with E-state index in [2.05, 4.69) is 40.3 Å². The Morgan fingerprint density at radius 2 is 1.94 bits per heavy atom. The van der Waals surface area contributed by atoms with Gasteiger partial charge in [-0.3, -0.25) is 0 Å². The predicted molar refractivity (Wildman–Crippen MR) is 126 cm³/mol. The Morgan fingerprint density at radius 3 is 2.61 bits per heavy atom. The molecule has 0 bridgehead atoms. The van der Waals surface area contributed by atoms with Crippen LogP contribution in [0.1, 0.15) is 85.5 Å². The molecule has 0 spiro atoms. The van der Waals surface area contributed by atoms with Crippen LogP contribution in [0, 0.1) is 46.3 Å². The highest BCUT2D eigenvalue weighted by Crippen LogP contribution is 2.67. The topological polar surface area (TPSA) is 60.7 Å². The third-order valence-corrected chi connectivity index (χ3v) is 10.6. The van der Waals surface area contributed by atoms with Crippen molar-refractivity contribution in [2.24, 2.45) is 46.3 Å². The van der Waals surface area contributed by atoms with Crippen LogP contribution >= 0.6 is 0 Å². The average molecular weight is 431 g/mol. The quantitative estimate of drug-likeness (QED) is 0.488. The molecular formula is C28H46O3. The molecule has 3 N–H and O–H groups in total. The van der Waals surface area contributed by atoms with Crippen molar-refractivity contribution >= 4 is 0 Å². The second-order valence-corrected chi connectivity index (χ2v) is 12.3. The number of aliphatic hydroxyl groups excluding tert-OH is 3. The predicted octanol–water partition coefficient (Wildman–Crippen LogP) is 5.50. The average Bonchev–Trinajstić information content (AvgIpc) is 3.02. The highest BCUT2D eigenvalue weighted by Gasteiger charge is 2.62. The van der Waals surface area contributed by atoms with Crippen molar-refractivity contribution in [1.82, 2.24) is 0 Å². The maximum absolute atomic E-state index is 11.4. The summed E-state index contributed by atoms with van der Waals surface area (Å²) in [6, 6.07) is 0. The summed E-state index contributed by atoms with van der Waals surface area (Å²) in [6.07, 6.45) is 10.8. The minimum absolute atomic E-state index is 0.151. The van der Waals surface area contributed by atoms with Crippen molar-refractivity contribution in [3.05, 3.63) is 23.8 Å². The number of fused-ring (bicyclic) bond motifs is 5. The number of allylic oxidation sites excluding steroid dienone is 2. The van der Waals surface area contributed by atoms with Crippen molar-refractivity contribution in [3.63, 3.8) is 0 Å². The van der Waals surface area contributed by atoms with E-state index in [4.69, 9.17) is 0 Å². The van der Waals surface area contributed by atoms with E-state index in [1.54, 1.807) is 0 Å². The number of aliphatic hydroxyl groups is 3. The molecule has 4 aliphatic carbocycles. The van der Waals surface area contributed by atoms with Gasteiger partial charge in [0.1, 0.15) is 0 Å². The Bertz CT molecular complexity index is 711. The Hall–Kier alpha value is -0.640. The molecular weight excluding hydrogens is 384 g/mol. The lowest BCUT2D eigenvalue weighted by Crippen LogP contribution is -2.54. The summed E-state index contributed by atoms with van der Waals surface area (Å²) < 4.78 is 0. The first kappa shape index (κ1) is 23.5. The molecule has 31 heavy (non-hydrogen) atoms. The molecule has 0 aromatic heterocycles. The fourth-order valence-corrected chi connectivity index (χ4v) is 8.63. The summed E-state index contributed by atoms with van der Waals surface area (Å²) in [5.41, 5.74) is 2.70. The SMILES string of the molecule is C=C(CC[C@@H](C)[C@H]1C[C@@H](O)C2C3CC=C4C[C@@H](O)CC[C@]4(CO)C3CC[C@@]21C)C(C)C. The van der Waals surface area contributed by atoms with Gasteiger partial charge >= 0.3 is 0 Å². The van der Waals surface area contributed by atoms with E-state index in [9.17, 15) is 15.3 Å². The van der Waals surface area contributed by atoms with Gasteiger partial charge in [0.25, 0.3) is 0 Å². The van der Waals surface area contributed by atoms with Crippen LogP contribution in [-0.2, 0) is 0 Å². The molecule has 0 aromatic rings. The third-order valence-electron chi connectivity index (χ3n) is 10.6. The fourth-order valence-electron chi connectivity index (χ4n) is 8.63. The zero-order chi connectivity index (χ0) is 22.6. The van der Waals surface area contributed by atoms with Gasteiger partial charge in [-0.15, -0.1) is 0 Å². The van der Waals surface area contributed by atoms with Crippen LogP contribution in [0.25, 0.3) is 0 Å². The second-order valence-electron chi connectivity index (χ2n) is 12.3. The Balaban J connectivity index is 1.56. The monoisotopic (exact) mass is 430 g/mol. The molecule has 0 saturated heterocycles. The molecule has 3 saturated carbocycles. The Labute approximate surface area is 190 Å². The normalized spacial score (nSPS) is 45.5. The molecule has 3 unspecified atom stereocenters. The lowest BCUT2D eigenvalue weighted by Gasteiger charge is -2.59. The second kappa shape index (κ2) is 8.61. The zero-order valence-electron chi connectivity index (χ0n) is 20.3. The summed E-state index contributed by atoms with van der Waals surface area (Å²) in [4.78, 5) is 0. The molecule has 176 valence electrons. The molecule has 0 aliphatic heterocycles. The van der Waals surface area contributed by atoms with Crippen LogP contribution in [0.2, 0.25) is 0 Å². The lowest BCUT2D eigenvalue weighted by atomic mass is 9.46. The van der Waals surface area contributed by atoms with Gasteiger partial charge in [0.05, 0.1) is 18.8 Å². The van der Waals surface area contributed by atoms with Gasteiger partial charge in [0.15, 0.2) is 0 Å². The molecule has 0 aromatic carbocycles. The summed E-state index contributed by atoms with van der Waals surface area (Å²) >= 11 is 0. The highest BCUT2D eigenvalue weighted by molar-refractivity contribution is 5.27. The van der Waals surface area contributed by atoms with Crippen molar-refractivity contribution in [3.8, 4) is 0 Å². The molecule has 3 heteroatoms. The highest BCUT2D eigenvalue weighted by atomic mass is 16.3. The van der Waals surface area contributed by atoms with Crippen LogP contribution in [0.4, 0.5) is 0 Å². The van der Waals surface area contributed by atoms with Gasteiger partial charge in [-0.25, -0.2) is 0 Å². The van der Waals surface area contributed by atoms with Gasteiger partial charge in [-0.1, -0.05) is 51.5 Å². The first-order chi connectivity index (χ1) is 14.6. The van der Waals surface area contributed by atoms with E-state index in [0.29, 0.717) is 35.5 Å². The summed E-state index contributed by atoms with van der Waals surface area (Å²) in [5, 5.41) is 32.2. The van der Waals surface area contributed by atoms with Crippen LogP contribution in [0.3, 0.4) is 0 Å². The zero-order valence-corrected chi connectivity index (χ0v) is 20.3. The number of rotatable bonds is 6. The van der Waals surface area contributed by atoms with E-state index in [1.165, 1.54) is 17.6 Å². The van der Waals surface area contributed by atoms with Crippen molar-refractivity contribution in [2.75, 3.05) is 6.61 Å². The molecule has 3 fully saturated rings. The first-order valence-corrected chi connectivity index (χ1v) is 13.0. The maximum atomic E-state index is 11.4. The fraction of sp³-hybridized carbons (Fsp3) is 0.857. The summed E-state index contributed by atoms with van der Waals surface area (Å²) in [6.45, 7) is 13.8. The molecule has 0 heterocycles. The van der Waals surface area contributed by atoms with Crippen molar-refractivity contribution in [2.45, 2.75) is 97.7 Å². The largest absolute Gasteiger partial charge is 0.395 e. The van der Waals surface area contributed by atoms with Crippen LogP contribution < -0.4 is 0 Å². The molecule has 4 rings (SSSR count). The van der Waals surface area contributed by atoms with Crippen molar-refractivity contribution < 1.29 is 15.3 Å². The van der Waals surface area contributed by atoms with Crippen LogP contribution in [0.5, 0.6) is 0 Å². The molecule has 4 aliphatic rings. The van der Waals surface area contributed by atoms with Crippen LogP contribution in [-0.4, -0.2) is 34.1 Å². The lowest BCUT2D eigenvalue weighted by molar-refractivity contribution is -0.0986. The van der Waals surface area contributed by atoms with E-state index in [0.717, 1.165) is 51.4 Å². The van der Waals surface area contributed by atoms with Crippen LogP contribution in [0.15, 0.2) is 23.8 Å². The summed E-state index contributed by atoms with van der Waals surface area (Å²) in [5.74, 6) is 2.96. The van der Waals surface area contributed by atoms with E-state index in [-0.39, 0.29) is 29.6 Å². The first-order valence-electron chi connectivity index (χ1n) is 13.0. The minimum Gasteiger partial charge on any atom is -0.395 e. The van der Waals surface area contributed by atoms with Gasteiger partial charge in [0.2, 0.25) is 0 Å². The van der Waals surface area contributed by atoms with E-state index >= 15 is 0 Å². The maximum Gasteiger partial charge on any atom is 0.0579 e. The van der Waals surface area contributed by atoms with Gasteiger partial charge in [-0.2, -0.15) is 0 Å². The smallest absolute Gasteiger partial charge is 0.0579 e. The number of hydrogen-bond acceptors (Lipinski definition) is 3.